The lowest BCUT2D eigenvalue weighted by Gasteiger charge is -2.02. The molecule has 0 radical (unpaired) electrons. The van der Waals surface area contributed by atoms with Crippen molar-refractivity contribution in [1.29, 1.82) is 0 Å². The lowest BCUT2D eigenvalue weighted by atomic mass is 10.2. The average Bonchev–Trinajstić information content (AvgIpc) is 2.91. The van der Waals surface area contributed by atoms with E-state index in [0.717, 1.165) is 11.8 Å². The van der Waals surface area contributed by atoms with Gasteiger partial charge in [0.25, 0.3) is 0 Å². The molecular formula is C15H11ClN4O. The van der Waals surface area contributed by atoms with Crippen molar-refractivity contribution in [2.24, 2.45) is 0 Å². The Kier molecular flexibility index (Phi) is 3.75. The second kappa shape index (κ2) is 5.85. The van der Waals surface area contributed by atoms with Crippen molar-refractivity contribution in [3.05, 3.63) is 65.2 Å². The number of halogens is 1. The smallest absolute Gasteiger partial charge is 0.153 e. The Hall–Kier alpha value is -2.53. The van der Waals surface area contributed by atoms with Gasteiger partial charge in [0.2, 0.25) is 0 Å². The number of hydrogen-bond donors (Lipinski definition) is 0. The van der Waals surface area contributed by atoms with Gasteiger partial charge in [0, 0.05) is 23.6 Å². The van der Waals surface area contributed by atoms with Crippen LogP contribution < -0.4 is 0 Å². The van der Waals surface area contributed by atoms with E-state index in [1.807, 2.05) is 24.3 Å². The highest BCUT2D eigenvalue weighted by atomic mass is 35.5. The molecule has 0 bridgehead atoms. The van der Waals surface area contributed by atoms with Crippen molar-refractivity contribution < 1.29 is 4.79 Å². The van der Waals surface area contributed by atoms with Crippen LogP contribution in [0, 0.1) is 0 Å². The quantitative estimate of drug-likeness (QED) is 0.695. The lowest BCUT2D eigenvalue weighted by Crippen LogP contribution is -2.00. The Balaban J connectivity index is 1.95. The zero-order valence-electron chi connectivity index (χ0n) is 11.0. The molecule has 0 spiro atoms. The molecule has 2 heterocycles. The van der Waals surface area contributed by atoms with E-state index in [1.54, 1.807) is 29.5 Å². The van der Waals surface area contributed by atoms with Crippen LogP contribution >= 0.6 is 11.6 Å². The SMILES string of the molecule is O=Cc1cn(Cc2cccc(Cl)c2)nc1-c1cnccn1. The molecule has 21 heavy (non-hydrogen) atoms. The first-order valence-electron chi connectivity index (χ1n) is 6.30. The minimum absolute atomic E-state index is 0.484. The van der Waals surface area contributed by atoms with E-state index in [9.17, 15) is 4.79 Å². The maximum atomic E-state index is 11.2. The zero-order chi connectivity index (χ0) is 14.7. The van der Waals surface area contributed by atoms with Crippen LogP contribution in [0.4, 0.5) is 0 Å². The maximum Gasteiger partial charge on any atom is 0.153 e. The van der Waals surface area contributed by atoms with Crippen molar-refractivity contribution >= 4 is 17.9 Å². The van der Waals surface area contributed by atoms with Gasteiger partial charge in [-0.2, -0.15) is 5.10 Å². The van der Waals surface area contributed by atoms with Crippen LogP contribution in [0.1, 0.15) is 15.9 Å². The van der Waals surface area contributed by atoms with Crippen LogP contribution in [0.15, 0.2) is 49.1 Å². The van der Waals surface area contributed by atoms with Crippen molar-refractivity contribution in [2.75, 3.05) is 0 Å². The van der Waals surface area contributed by atoms with E-state index >= 15 is 0 Å². The minimum atomic E-state index is 0.484. The summed E-state index contributed by atoms with van der Waals surface area (Å²) in [6, 6.07) is 7.52. The van der Waals surface area contributed by atoms with E-state index in [4.69, 9.17) is 11.6 Å². The van der Waals surface area contributed by atoms with E-state index in [-0.39, 0.29) is 0 Å². The van der Waals surface area contributed by atoms with E-state index < -0.39 is 0 Å². The second-order valence-corrected chi connectivity index (χ2v) is 4.91. The number of hydrogen-bond acceptors (Lipinski definition) is 4. The van der Waals surface area contributed by atoms with Gasteiger partial charge in [-0.1, -0.05) is 23.7 Å². The molecule has 0 atom stereocenters. The fraction of sp³-hybridized carbons (Fsp3) is 0.0667. The number of benzene rings is 1. The summed E-state index contributed by atoms with van der Waals surface area (Å²) in [6.45, 7) is 0.529. The van der Waals surface area contributed by atoms with Gasteiger partial charge in [-0.3, -0.25) is 19.4 Å². The number of carbonyl (C=O) groups excluding carboxylic acids is 1. The first-order valence-corrected chi connectivity index (χ1v) is 6.67. The predicted octanol–water partition coefficient (Wildman–Crippen LogP) is 2.85. The fourth-order valence-corrected chi connectivity index (χ4v) is 2.26. The van der Waals surface area contributed by atoms with Crippen molar-refractivity contribution in [3.8, 4) is 11.4 Å². The van der Waals surface area contributed by atoms with Crippen LogP contribution in [0.2, 0.25) is 5.02 Å². The molecule has 0 aliphatic rings. The van der Waals surface area contributed by atoms with Crippen LogP contribution in [0.25, 0.3) is 11.4 Å². The van der Waals surface area contributed by atoms with Crippen molar-refractivity contribution in [2.45, 2.75) is 6.54 Å². The molecule has 2 aromatic heterocycles. The highest BCUT2D eigenvalue weighted by Gasteiger charge is 2.12. The molecular weight excluding hydrogens is 288 g/mol. The highest BCUT2D eigenvalue weighted by molar-refractivity contribution is 6.30. The number of carbonyl (C=O) groups is 1. The topological polar surface area (TPSA) is 60.7 Å². The molecule has 0 fully saturated rings. The normalized spacial score (nSPS) is 10.5. The third-order valence-corrected chi connectivity index (χ3v) is 3.19. The Morgan fingerprint density at radius 3 is 2.90 bits per heavy atom. The molecule has 0 saturated carbocycles. The molecule has 0 N–H and O–H groups in total. The van der Waals surface area contributed by atoms with Gasteiger partial charge in [0.05, 0.1) is 18.3 Å². The monoisotopic (exact) mass is 298 g/mol. The Morgan fingerprint density at radius 1 is 1.29 bits per heavy atom. The van der Waals surface area contributed by atoms with E-state index in [2.05, 4.69) is 15.1 Å². The zero-order valence-corrected chi connectivity index (χ0v) is 11.7. The summed E-state index contributed by atoms with van der Waals surface area (Å²) in [7, 11) is 0. The van der Waals surface area contributed by atoms with Gasteiger partial charge in [0.15, 0.2) is 6.29 Å². The summed E-state index contributed by atoms with van der Waals surface area (Å²) < 4.78 is 1.69. The Morgan fingerprint density at radius 2 is 2.19 bits per heavy atom. The molecule has 104 valence electrons. The third kappa shape index (κ3) is 2.98. The van der Waals surface area contributed by atoms with Crippen LogP contribution in [-0.4, -0.2) is 26.0 Å². The summed E-state index contributed by atoms with van der Waals surface area (Å²) in [6.07, 6.45) is 7.19. The molecule has 6 heteroatoms. The van der Waals surface area contributed by atoms with Crippen LogP contribution in [-0.2, 0) is 6.54 Å². The Labute approximate surface area is 126 Å². The lowest BCUT2D eigenvalue weighted by molar-refractivity contribution is 0.112. The summed E-state index contributed by atoms with van der Waals surface area (Å²) >= 11 is 5.97. The van der Waals surface area contributed by atoms with Crippen molar-refractivity contribution in [3.63, 3.8) is 0 Å². The largest absolute Gasteiger partial charge is 0.298 e. The number of nitrogens with zero attached hydrogens (tertiary/aromatic N) is 4. The average molecular weight is 299 g/mol. The third-order valence-electron chi connectivity index (χ3n) is 2.96. The minimum Gasteiger partial charge on any atom is -0.298 e. The van der Waals surface area contributed by atoms with Gasteiger partial charge in [-0.15, -0.1) is 0 Å². The summed E-state index contributed by atoms with van der Waals surface area (Å²) in [5.41, 5.74) is 2.59. The predicted molar refractivity (Wildman–Crippen MR) is 79.2 cm³/mol. The Bertz CT molecular complexity index is 770. The standard InChI is InChI=1S/C15H11ClN4O/c16-13-3-1-2-11(6-13)8-20-9-12(10-21)15(19-20)14-7-17-4-5-18-14/h1-7,9-10H,8H2. The van der Waals surface area contributed by atoms with Crippen molar-refractivity contribution in [1.82, 2.24) is 19.7 Å². The molecule has 3 rings (SSSR count). The van der Waals surface area contributed by atoms with Crippen LogP contribution in [0.5, 0.6) is 0 Å². The summed E-state index contributed by atoms with van der Waals surface area (Å²) in [4.78, 5) is 19.4. The second-order valence-electron chi connectivity index (χ2n) is 4.47. The van der Waals surface area contributed by atoms with Crippen LogP contribution in [0.3, 0.4) is 0 Å². The van der Waals surface area contributed by atoms with Gasteiger partial charge >= 0.3 is 0 Å². The van der Waals surface area contributed by atoms with Gasteiger partial charge in [-0.25, -0.2) is 0 Å². The van der Waals surface area contributed by atoms with Gasteiger partial charge in [-0.05, 0) is 17.7 Å². The molecule has 0 saturated heterocycles. The number of aromatic nitrogens is 4. The van der Waals surface area contributed by atoms with Gasteiger partial charge < -0.3 is 0 Å². The first kappa shape index (κ1) is 13.5. The number of rotatable bonds is 4. The molecule has 1 aromatic carbocycles. The molecule has 0 unspecified atom stereocenters. The first-order chi connectivity index (χ1) is 10.3. The number of aldehydes is 1. The van der Waals surface area contributed by atoms with E-state index in [1.165, 1.54) is 0 Å². The van der Waals surface area contributed by atoms with E-state index in [0.29, 0.717) is 28.5 Å². The molecule has 0 aliphatic carbocycles. The molecule has 0 amide bonds. The molecule has 0 aliphatic heterocycles. The highest BCUT2D eigenvalue weighted by Crippen LogP contribution is 2.18. The fourth-order valence-electron chi connectivity index (χ4n) is 2.05. The molecule has 5 nitrogen and oxygen atoms in total. The summed E-state index contributed by atoms with van der Waals surface area (Å²) in [5, 5.41) is 5.09. The summed E-state index contributed by atoms with van der Waals surface area (Å²) in [5.74, 6) is 0. The maximum absolute atomic E-state index is 11.2. The molecule has 3 aromatic rings. The van der Waals surface area contributed by atoms with Gasteiger partial charge in [0.1, 0.15) is 11.4 Å².